The van der Waals surface area contributed by atoms with E-state index < -0.39 is 5.97 Å². The van der Waals surface area contributed by atoms with E-state index in [1.54, 1.807) is 42.6 Å². The molecule has 3 rings (SSSR count). The van der Waals surface area contributed by atoms with Gasteiger partial charge in [0.05, 0.1) is 0 Å². The van der Waals surface area contributed by atoms with Crippen molar-refractivity contribution in [3.05, 3.63) is 48.7 Å². The van der Waals surface area contributed by atoms with Gasteiger partial charge < -0.3 is 19.5 Å². The number of carboxylic acids is 1. The van der Waals surface area contributed by atoms with Gasteiger partial charge >= 0.3 is 5.97 Å². The Kier molecular flexibility index (Phi) is 5.13. The topological polar surface area (TPSA) is 89.0 Å². The molecule has 7 nitrogen and oxygen atoms in total. The van der Waals surface area contributed by atoms with Gasteiger partial charge in [-0.25, -0.2) is 4.98 Å². The molecule has 1 saturated carbocycles. The highest BCUT2D eigenvalue weighted by Crippen LogP contribution is 2.27. The van der Waals surface area contributed by atoms with Crippen molar-refractivity contribution in [1.82, 2.24) is 9.88 Å². The summed E-state index contributed by atoms with van der Waals surface area (Å²) in [6.07, 6.45) is 3.33. The molecule has 1 N–H and O–H groups in total. The third-order valence-corrected chi connectivity index (χ3v) is 3.66. The lowest BCUT2D eigenvalue weighted by Gasteiger charge is -2.20. The average Bonchev–Trinajstić information content (AvgIpc) is 3.44. The number of aliphatic carboxylic acids is 1. The molecule has 1 aromatic carbocycles. The lowest BCUT2D eigenvalue weighted by Crippen LogP contribution is -2.40. The summed E-state index contributed by atoms with van der Waals surface area (Å²) in [5.41, 5.74) is 0. The van der Waals surface area contributed by atoms with Crippen LogP contribution in [0.15, 0.2) is 48.7 Å². The molecule has 0 radical (unpaired) electrons. The Hall–Kier alpha value is -3.09. The van der Waals surface area contributed by atoms with Gasteiger partial charge in [-0.05, 0) is 43.2 Å². The summed E-state index contributed by atoms with van der Waals surface area (Å²) in [7, 11) is 0. The molecule has 0 spiro atoms. The van der Waals surface area contributed by atoms with Crippen LogP contribution >= 0.6 is 0 Å². The fraction of sp³-hybridized carbons (Fsp3) is 0.278. The predicted octanol–water partition coefficient (Wildman–Crippen LogP) is 2.33. The summed E-state index contributed by atoms with van der Waals surface area (Å²) in [5, 5.41) is 8.89. The van der Waals surface area contributed by atoms with Crippen LogP contribution in [0.2, 0.25) is 0 Å². The number of aromatic nitrogens is 1. The van der Waals surface area contributed by atoms with Gasteiger partial charge in [-0.3, -0.25) is 9.59 Å². The van der Waals surface area contributed by atoms with Crippen LogP contribution in [0.4, 0.5) is 0 Å². The Balaban J connectivity index is 1.52. The molecule has 7 heteroatoms. The number of ether oxygens (including phenoxy) is 2. The molecule has 0 atom stereocenters. The van der Waals surface area contributed by atoms with Crippen LogP contribution in [0.5, 0.6) is 17.4 Å². The second-order valence-electron chi connectivity index (χ2n) is 5.68. The first-order chi connectivity index (χ1) is 12.1. The van der Waals surface area contributed by atoms with Crippen molar-refractivity contribution in [3.8, 4) is 17.4 Å². The number of benzene rings is 1. The van der Waals surface area contributed by atoms with E-state index in [1.807, 2.05) is 6.07 Å². The number of pyridine rings is 1. The summed E-state index contributed by atoms with van der Waals surface area (Å²) in [4.78, 5) is 28.4. The standard InChI is InChI=1S/C18H18N2O5/c21-17(20(11-18(22)23)13-4-5-13)12-24-14-6-8-15(9-7-14)25-16-3-1-2-10-19-16/h1-3,6-10,13H,4-5,11-12H2,(H,22,23). The lowest BCUT2D eigenvalue weighted by atomic mass is 10.3. The van der Waals surface area contributed by atoms with Crippen LogP contribution in [0, 0.1) is 0 Å². The van der Waals surface area contributed by atoms with E-state index >= 15 is 0 Å². The Labute approximate surface area is 144 Å². The summed E-state index contributed by atoms with van der Waals surface area (Å²) in [5.74, 6) is 0.255. The molecule has 0 aliphatic heterocycles. The van der Waals surface area contributed by atoms with Crippen LogP contribution in [0.25, 0.3) is 0 Å². The molecule has 2 aromatic rings. The monoisotopic (exact) mass is 342 g/mol. The summed E-state index contributed by atoms with van der Waals surface area (Å²) in [6.45, 7) is -0.478. The number of carbonyl (C=O) groups is 2. The molecule has 1 fully saturated rings. The van der Waals surface area contributed by atoms with Gasteiger partial charge in [0, 0.05) is 18.3 Å². The van der Waals surface area contributed by atoms with Gasteiger partial charge in [-0.2, -0.15) is 0 Å². The van der Waals surface area contributed by atoms with E-state index in [1.165, 1.54) is 4.90 Å². The molecule has 1 heterocycles. The molecular formula is C18H18N2O5. The quantitative estimate of drug-likeness (QED) is 0.792. The molecule has 130 valence electrons. The van der Waals surface area contributed by atoms with E-state index in [2.05, 4.69) is 4.98 Å². The predicted molar refractivity (Wildman–Crippen MR) is 88.6 cm³/mol. The third kappa shape index (κ3) is 4.94. The first kappa shape index (κ1) is 16.8. The highest BCUT2D eigenvalue weighted by atomic mass is 16.5. The average molecular weight is 342 g/mol. The van der Waals surface area contributed by atoms with Gasteiger partial charge in [-0.1, -0.05) is 6.07 Å². The Morgan fingerprint density at radius 2 is 1.84 bits per heavy atom. The van der Waals surface area contributed by atoms with Crippen molar-refractivity contribution in [2.45, 2.75) is 18.9 Å². The largest absolute Gasteiger partial charge is 0.484 e. The van der Waals surface area contributed by atoms with Gasteiger partial charge in [0.1, 0.15) is 18.0 Å². The maximum atomic E-state index is 12.1. The zero-order chi connectivity index (χ0) is 17.6. The Bertz CT molecular complexity index is 729. The van der Waals surface area contributed by atoms with Crippen LogP contribution in [0.3, 0.4) is 0 Å². The van der Waals surface area contributed by atoms with Crippen LogP contribution in [0.1, 0.15) is 12.8 Å². The first-order valence-corrected chi connectivity index (χ1v) is 7.95. The van der Waals surface area contributed by atoms with E-state index in [-0.39, 0.29) is 25.1 Å². The lowest BCUT2D eigenvalue weighted by molar-refractivity contribution is -0.145. The van der Waals surface area contributed by atoms with E-state index in [4.69, 9.17) is 14.6 Å². The number of carbonyl (C=O) groups excluding carboxylic acids is 1. The Morgan fingerprint density at radius 1 is 1.12 bits per heavy atom. The van der Waals surface area contributed by atoms with Crippen molar-refractivity contribution >= 4 is 11.9 Å². The summed E-state index contributed by atoms with van der Waals surface area (Å²) in [6, 6.07) is 12.2. The van der Waals surface area contributed by atoms with Crippen LogP contribution in [-0.2, 0) is 9.59 Å². The normalized spacial score (nSPS) is 13.1. The van der Waals surface area contributed by atoms with E-state index in [0.717, 1.165) is 12.8 Å². The number of hydrogen-bond donors (Lipinski definition) is 1. The van der Waals surface area contributed by atoms with Gasteiger partial charge in [0.2, 0.25) is 5.88 Å². The highest BCUT2D eigenvalue weighted by molar-refractivity contribution is 5.83. The van der Waals surface area contributed by atoms with E-state index in [0.29, 0.717) is 17.4 Å². The van der Waals surface area contributed by atoms with Crippen molar-refractivity contribution in [2.75, 3.05) is 13.2 Å². The number of nitrogens with zero attached hydrogens (tertiary/aromatic N) is 2. The molecule has 0 saturated heterocycles. The maximum Gasteiger partial charge on any atom is 0.323 e. The number of hydrogen-bond acceptors (Lipinski definition) is 5. The molecular weight excluding hydrogens is 324 g/mol. The second-order valence-corrected chi connectivity index (χ2v) is 5.68. The Morgan fingerprint density at radius 3 is 2.44 bits per heavy atom. The SMILES string of the molecule is O=C(O)CN(C(=O)COc1ccc(Oc2ccccn2)cc1)C1CC1. The van der Waals surface area contributed by atoms with Gasteiger partial charge in [0.15, 0.2) is 6.61 Å². The number of amides is 1. The van der Waals surface area contributed by atoms with Crippen molar-refractivity contribution in [1.29, 1.82) is 0 Å². The second kappa shape index (κ2) is 7.65. The minimum atomic E-state index is -1.02. The third-order valence-electron chi connectivity index (χ3n) is 3.66. The van der Waals surface area contributed by atoms with Crippen molar-refractivity contribution in [2.24, 2.45) is 0 Å². The minimum Gasteiger partial charge on any atom is -0.484 e. The highest BCUT2D eigenvalue weighted by Gasteiger charge is 2.33. The van der Waals surface area contributed by atoms with Gasteiger partial charge in [0.25, 0.3) is 5.91 Å². The smallest absolute Gasteiger partial charge is 0.323 e. The zero-order valence-corrected chi connectivity index (χ0v) is 13.5. The van der Waals surface area contributed by atoms with Gasteiger partial charge in [-0.15, -0.1) is 0 Å². The van der Waals surface area contributed by atoms with E-state index in [9.17, 15) is 9.59 Å². The number of rotatable bonds is 8. The molecule has 0 bridgehead atoms. The molecule has 1 aliphatic rings. The molecule has 0 unspecified atom stereocenters. The van der Waals surface area contributed by atoms with Crippen molar-refractivity contribution < 1.29 is 24.2 Å². The van der Waals surface area contributed by atoms with Crippen LogP contribution < -0.4 is 9.47 Å². The zero-order valence-electron chi connectivity index (χ0n) is 13.5. The summed E-state index contributed by atoms with van der Waals surface area (Å²) < 4.78 is 11.0. The molecule has 1 aliphatic carbocycles. The maximum absolute atomic E-state index is 12.1. The number of carboxylic acid groups (broad SMARTS) is 1. The molecule has 1 aromatic heterocycles. The molecule has 1 amide bonds. The summed E-state index contributed by atoms with van der Waals surface area (Å²) >= 11 is 0. The fourth-order valence-electron chi connectivity index (χ4n) is 2.31. The van der Waals surface area contributed by atoms with Crippen molar-refractivity contribution in [3.63, 3.8) is 0 Å². The minimum absolute atomic E-state index is 0.0290. The molecule has 25 heavy (non-hydrogen) atoms. The fourth-order valence-corrected chi connectivity index (χ4v) is 2.31. The van der Waals surface area contributed by atoms with Crippen LogP contribution in [-0.4, -0.2) is 46.1 Å². The first-order valence-electron chi connectivity index (χ1n) is 7.95.